The van der Waals surface area contributed by atoms with Gasteiger partial charge >= 0.3 is 5.69 Å². The molecule has 0 unspecified atom stereocenters. The van der Waals surface area contributed by atoms with Crippen molar-refractivity contribution in [2.75, 3.05) is 0 Å². The van der Waals surface area contributed by atoms with E-state index >= 15 is 0 Å². The van der Waals surface area contributed by atoms with Gasteiger partial charge in [-0.2, -0.15) is 9.78 Å². The first-order chi connectivity index (χ1) is 16.2. The van der Waals surface area contributed by atoms with Gasteiger partial charge in [0.15, 0.2) is 11.6 Å². The summed E-state index contributed by atoms with van der Waals surface area (Å²) in [5.41, 5.74) is -1.24. The highest BCUT2D eigenvalue weighted by Crippen LogP contribution is 2.46. The van der Waals surface area contributed by atoms with Crippen molar-refractivity contribution in [2.24, 2.45) is 0 Å². The highest BCUT2D eigenvalue weighted by atomic mass is 32.1. The first kappa shape index (κ1) is 22.4. The molecule has 1 saturated carbocycles. The van der Waals surface area contributed by atoms with E-state index in [0.717, 1.165) is 40.2 Å². The van der Waals surface area contributed by atoms with Gasteiger partial charge in [-0.25, -0.2) is 22.9 Å². The Bertz CT molecular complexity index is 1420. The maximum absolute atomic E-state index is 14.8. The molecule has 0 amide bonds. The van der Waals surface area contributed by atoms with Crippen LogP contribution in [0.4, 0.5) is 13.2 Å². The number of nitrogens with zero attached hydrogens (tertiary/aromatic N) is 4. The Morgan fingerprint density at radius 3 is 2.53 bits per heavy atom. The molecule has 1 fully saturated rings. The highest BCUT2D eigenvalue weighted by Gasteiger charge is 2.39. The fourth-order valence-corrected chi connectivity index (χ4v) is 4.76. The second kappa shape index (κ2) is 8.41. The molecule has 0 aliphatic heterocycles. The van der Waals surface area contributed by atoms with E-state index in [2.05, 4.69) is 10.1 Å². The number of benzene rings is 2. The number of rotatable bonds is 6. The molecule has 5 rings (SSSR count). The predicted octanol–water partition coefficient (Wildman–Crippen LogP) is 4.43. The number of hydrogen-bond donors (Lipinski definition) is 1. The smallest absolute Gasteiger partial charge is 0.350 e. The topological polar surface area (TPSA) is 82.2 Å². The monoisotopic (exact) mass is 488 g/mol. The summed E-state index contributed by atoms with van der Waals surface area (Å²) in [5, 5.41) is 15.3. The molecule has 0 atom stereocenters. The third-order valence-electron chi connectivity index (χ3n) is 5.82. The molecule has 1 N–H and O–H groups in total. The minimum atomic E-state index is -0.939. The van der Waals surface area contributed by atoms with Gasteiger partial charge < -0.3 is 9.84 Å². The molecule has 0 spiro atoms. The number of ether oxygens (including phenoxy) is 1. The molecule has 176 valence electrons. The van der Waals surface area contributed by atoms with Crippen molar-refractivity contribution >= 4 is 11.3 Å². The average molecular weight is 488 g/mol. The van der Waals surface area contributed by atoms with Crippen LogP contribution in [0.3, 0.4) is 0 Å². The first-order valence-electron chi connectivity index (χ1n) is 10.5. The lowest BCUT2D eigenvalue weighted by Gasteiger charge is -2.34. The minimum Gasteiger partial charge on any atom is -0.442 e. The van der Waals surface area contributed by atoms with E-state index in [1.54, 1.807) is 6.92 Å². The zero-order valence-electron chi connectivity index (χ0n) is 18.0. The largest absolute Gasteiger partial charge is 0.442 e. The van der Waals surface area contributed by atoms with Gasteiger partial charge in [0.1, 0.15) is 28.6 Å². The second-order valence-electron chi connectivity index (χ2n) is 8.15. The Morgan fingerprint density at radius 1 is 1.15 bits per heavy atom. The third-order valence-corrected chi connectivity index (χ3v) is 7.05. The summed E-state index contributed by atoms with van der Waals surface area (Å²) in [6.45, 7) is 1.36. The zero-order chi connectivity index (χ0) is 24.0. The molecule has 4 aromatic rings. The van der Waals surface area contributed by atoms with Gasteiger partial charge in [0.25, 0.3) is 0 Å². The fraction of sp³-hybridized carbons (Fsp3) is 0.261. The van der Waals surface area contributed by atoms with E-state index in [1.165, 1.54) is 29.5 Å². The zero-order valence-corrected chi connectivity index (χ0v) is 18.8. The van der Waals surface area contributed by atoms with Gasteiger partial charge in [-0.05, 0) is 50.5 Å². The number of aryl methyl sites for hydroxylation is 1. The van der Waals surface area contributed by atoms with Crippen LogP contribution in [0.25, 0.3) is 5.69 Å². The summed E-state index contributed by atoms with van der Waals surface area (Å²) in [6.07, 6.45) is 3.32. The van der Waals surface area contributed by atoms with Gasteiger partial charge in [-0.15, -0.1) is 0 Å². The number of aromatic nitrogens is 4. The second-order valence-corrected chi connectivity index (χ2v) is 9.11. The molecule has 2 aromatic carbocycles. The number of hydrogen-bond acceptors (Lipinski definition) is 6. The van der Waals surface area contributed by atoms with E-state index in [1.807, 2.05) is 0 Å². The Hall–Kier alpha value is -3.44. The van der Waals surface area contributed by atoms with Crippen molar-refractivity contribution in [2.45, 2.75) is 38.3 Å². The van der Waals surface area contributed by atoms with Crippen molar-refractivity contribution in [3.63, 3.8) is 0 Å². The van der Waals surface area contributed by atoms with Crippen molar-refractivity contribution in [3.05, 3.63) is 86.9 Å². The first-order valence-corrected chi connectivity index (χ1v) is 11.3. The van der Waals surface area contributed by atoms with E-state index in [0.29, 0.717) is 28.6 Å². The van der Waals surface area contributed by atoms with Crippen LogP contribution < -0.4 is 10.4 Å². The Kier molecular flexibility index (Phi) is 5.53. The molecule has 2 aromatic heterocycles. The summed E-state index contributed by atoms with van der Waals surface area (Å²) in [5.74, 6) is -2.38. The molecule has 7 nitrogen and oxygen atoms in total. The molecule has 1 aliphatic carbocycles. The van der Waals surface area contributed by atoms with Crippen LogP contribution >= 0.6 is 11.3 Å². The quantitative estimate of drug-likeness (QED) is 0.434. The lowest BCUT2D eigenvalue weighted by Crippen LogP contribution is -2.33. The summed E-state index contributed by atoms with van der Waals surface area (Å²) >= 11 is 1.17. The lowest BCUT2D eigenvalue weighted by molar-refractivity contribution is -0.0390. The van der Waals surface area contributed by atoms with Crippen LogP contribution in [0.1, 0.15) is 35.5 Å². The lowest BCUT2D eigenvalue weighted by atomic mass is 9.81. The Morgan fingerprint density at radius 2 is 1.88 bits per heavy atom. The van der Waals surface area contributed by atoms with Crippen LogP contribution in [0.5, 0.6) is 10.8 Å². The summed E-state index contributed by atoms with van der Waals surface area (Å²) < 4.78 is 50.3. The van der Waals surface area contributed by atoms with Crippen molar-refractivity contribution in [3.8, 4) is 16.5 Å². The van der Waals surface area contributed by atoms with Gasteiger partial charge in [0.2, 0.25) is 5.06 Å². The molecular formula is C23H19F3N4O3S. The fourth-order valence-electron chi connectivity index (χ4n) is 3.68. The van der Waals surface area contributed by atoms with E-state index < -0.39 is 28.7 Å². The SMILES string of the molecule is Cc1nc(C2(O)CCC2)sc1Oc1ccc(-n2ncn(Cc3c(F)cccc3F)c2=O)cc1F. The number of thiazole rings is 1. The van der Waals surface area contributed by atoms with Gasteiger partial charge in [-0.1, -0.05) is 17.4 Å². The van der Waals surface area contributed by atoms with E-state index in [9.17, 15) is 23.1 Å². The molecule has 2 heterocycles. The van der Waals surface area contributed by atoms with Crippen LogP contribution in [-0.2, 0) is 12.1 Å². The summed E-state index contributed by atoms with van der Waals surface area (Å²) in [6, 6.07) is 7.30. The molecule has 0 bridgehead atoms. The molecular weight excluding hydrogens is 469 g/mol. The Labute approximate surface area is 195 Å². The van der Waals surface area contributed by atoms with Crippen molar-refractivity contribution in [1.82, 2.24) is 19.3 Å². The van der Waals surface area contributed by atoms with Crippen molar-refractivity contribution < 1.29 is 23.0 Å². The van der Waals surface area contributed by atoms with Crippen LogP contribution in [0.15, 0.2) is 47.5 Å². The highest BCUT2D eigenvalue weighted by molar-refractivity contribution is 7.13. The molecule has 11 heteroatoms. The normalized spacial score (nSPS) is 14.7. The standard InChI is InChI=1S/C23H19F3N4O3S/c1-13-20(34-21(28-13)23(32)8-3-9-23)33-19-7-6-14(10-18(19)26)30-22(31)29(12-27-30)11-15-16(24)4-2-5-17(15)25/h2,4-7,10,12,32H,3,8-9,11H2,1H3. The minimum absolute atomic E-state index is 0.0800. The van der Waals surface area contributed by atoms with Crippen LogP contribution in [0, 0.1) is 24.4 Å². The third kappa shape index (κ3) is 3.90. The molecule has 0 saturated heterocycles. The predicted molar refractivity (Wildman–Crippen MR) is 118 cm³/mol. The number of aliphatic hydroxyl groups is 1. The molecule has 34 heavy (non-hydrogen) atoms. The van der Waals surface area contributed by atoms with Gasteiger partial charge in [0.05, 0.1) is 17.9 Å². The Balaban J connectivity index is 1.38. The van der Waals surface area contributed by atoms with Gasteiger partial charge in [-0.3, -0.25) is 4.57 Å². The van der Waals surface area contributed by atoms with E-state index in [4.69, 9.17) is 4.74 Å². The summed E-state index contributed by atoms with van der Waals surface area (Å²) in [7, 11) is 0. The van der Waals surface area contributed by atoms with Crippen LogP contribution in [-0.4, -0.2) is 24.4 Å². The summed E-state index contributed by atoms with van der Waals surface area (Å²) in [4.78, 5) is 17.1. The van der Waals surface area contributed by atoms with Gasteiger partial charge in [0, 0.05) is 11.6 Å². The maximum atomic E-state index is 14.8. The number of halogens is 3. The van der Waals surface area contributed by atoms with Crippen LogP contribution in [0.2, 0.25) is 0 Å². The van der Waals surface area contributed by atoms with Crippen molar-refractivity contribution in [1.29, 1.82) is 0 Å². The average Bonchev–Trinajstić information content (AvgIpc) is 3.33. The van der Waals surface area contributed by atoms with E-state index in [-0.39, 0.29) is 23.5 Å². The molecule has 1 aliphatic rings. The molecule has 0 radical (unpaired) electrons. The maximum Gasteiger partial charge on any atom is 0.350 e.